The molecule has 0 unspecified atom stereocenters. The summed E-state index contributed by atoms with van der Waals surface area (Å²) in [6.07, 6.45) is 0.933. The van der Waals surface area contributed by atoms with E-state index in [1.165, 1.54) is 4.57 Å². The van der Waals surface area contributed by atoms with E-state index >= 15 is 0 Å². The average molecular weight is 409 g/mol. The second kappa shape index (κ2) is 8.06. The van der Waals surface area contributed by atoms with Gasteiger partial charge in [0.15, 0.2) is 0 Å². The highest BCUT2D eigenvalue weighted by Gasteiger charge is 2.22. The zero-order chi connectivity index (χ0) is 21.3. The number of amides is 1. The van der Waals surface area contributed by atoms with Crippen molar-refractivity contribution < 1.29 is 14.3 Å². The Morgan fingerprint density at radius 1 is 1.30 bits per heavy atom. The lowest BCUT2D eigenvalue weighted by Gasteiger charge is -2.14. The van der Waals surface area contributed by atoms with E-state index in [1.54, 1.807) is 30.3 Å². The van der Waals surface area contributed by atoms with Gasteiger partial charge in [-0.25, -0.2) is 4.79 Å². The number of nitrogens with one attached hydrogen (secondary N) is 2. The van der Waals surface area contributed by atoms with Crippen molar-refractivity contribution in [2.75, 3.05) is 11.9 Å². The molecule has 2 aromatic carbocycles. The summed E-state index contributed by atoms with van der Waals surface area (Å²) >= 11 is 0. The van der Waals surface area contributed by atoms with Crippen LogP contribution in [0.5, 0.6) is 11.5 Å². The predicted octanol–water partition coefficient (Wildman–Crippen LogP) is 2.44. The van der Waals surface area contributed by atoms with Crippen LogP contribution in [0.2, 0.25) is 0 Å². The van der Waals surface area contributed by atoms with Crippen LogP contribution in [0.1, 0.15) is 25.8 Å². The number of anilines is 1. The van der Waals surface area contributed by atoms with Gasteiger partial charge in [-0.05, 0) is 32.0 Å². The maximum atomic E-state index is 12.6. The lowest BCUT2D eigenvalue weighted by Crippen LogP contribution is -2.31. The van der Waals surface area contributed by atoms with E-state index in [4.69, 9.17) is 9.47 Å². The van der Waals surface area contributed by atoms with Gasteiger partial charge in [0.1, 0.15) is 17.6 Å². The number of ether oxygens (including phenoxy) is 2. The van der Waals surface area contributed by atoms with E-state index in [9.17, 15) is 14.4 Å². The first-order valence-corrected chi connectivity index (χ1v) is 9.94. The fourth-order valence-electron chi connectivity index (χ4n) is 3.70. The first-order valence-electron chi connectivity index (χ1n) is 9.94. The summed E-state index contributed by atoms with van der Waals surface area (Å²) in [7, 11) is 0. The van der Waals surface area contributed by atoms with Crippen LogP contribution in [0.15, 0.2) is 46.0 Å². The molecule has 0 aliphatic carbocycles. The van der Waals surface area contributed by atoms with Crippen molar-refractivity contribution >= 4 is 22.5 Å². The van der Waals surface area contributed by atoms with E-state index < -0.39 is 11.2 Å². The van der Waals surface area contributed by atoms with E-state index in [1.807, 2.05) is 19.9 Å². The molecular formula is C22H23N3O5. The predicted molar refractivity (Wildman–Crippen MR) is 113 cm³/mol. The Morgan fingerprint density at radius 3 is 2.90 bits per heavy atom. The zero-order valence-electron chi connectivity index (χ0n) is 16.9. The number of fused-ring (bicyclic) bond motifs is 2. The second-order valence-electron chi connectivity index (χ2n) is 7.25. The highest BCUT2D eigenvalue weighted by molar-refractivity contribution is 5.93. The number of hydrogen-bond donors (Lipinski definition) is 2. The Bertz CT molecular complexity index is 1230. The summed E-state index contributed by atoms with van der Waals surface area (Å²) in [4.78, 5) is 39.2. The van der Waals surface area contributed by atoms with Crippen LogP contribution in [-0.4, -0.2) is 28.2 Å². The number of aryl methyl sites for hydroxylation is 1. The number of nitrogens with zero attached hydrogens (tertiary/aromatic N) is 1. The number of aromatic amines is 1. The van der Waals surface area contributed by atoms with Crippen molar-refractivity contribution in [2.45, 2.75) is 39.3 Å². The minimum atomic E-state index is -0.540. The molecule has 1 amide bonds. The second-order valence-corrected chi connectivity index (χ2v) is 7.25. The smallest absolute Gasteiger partial charge is 0.328 e. The maximum Gasteiger partial charge on any atom is 0.328 e. The average Bonchev–Trinajstić information content (AvgIpc) is 3.07. The van der Waals surface area contributed by atoms with Crippen LogP contribution < -0.4 is 26.0 Å². The Hall–Kier alpha value is -3.55. The number of aromatic nitrogens is 2. The van der Waals surface area contributed by atoms with Crippen LogP contribution in [0.3, 0.4) is 0 Å². The molecule has 1 aliphatic rings. The van der Waals surface area contributed by atoms with E-state index in [0.29, 0.717) is 28.9 Å². The quantitative estimate of drug-likeness (QED) is 0.651. The topological polar surface area (TPSA) is 102 Å². The standard InChI is InChI=1S/C22H23N3O5/c1-3-29-19-11-14-10-13(2)30-18(14)12-16(19)23-20(26)8-9-25-17-7-5-4-6-15(17)21(27)24-22(25)28/h4-7,11-13H,3,8-10H2,1-2H3,(H,23,26)(H,24,27,28)/t13-/m1/s1. The third-order valence-corrected chi connectivity index (χ3v) is 5.04. The van der Waals surface area contributed by atoms with Crippen LogP contribution in [0, 0.1) is 0 Å². The molecule has 2 heterocycles. The van der Waals surface area contributed by atoms with E-state index in [-0.39, 0.29) is 25.0 Å². The summed E-state index contributed by atoms with van der Waals surface area (Å²) in [6, 6.07) is 10.5. The molecule has 0 saturated heterocycles. The van der Waals surface area contributed by atoms with E-state index in [2.05, 4.69) is 10.3 Å². The van der Waals surface area contributed by atoms with Gasteiger partial charge in [0.2, 0.25) is 5.91 Å². The van der Waals surface area contributed by atoms with Crippen LogP contribution in [-0.2, 0) is 17.8 Å². The van der Waals surface area contributed by atoms with Crippen molar-refractivity contribution in [3.8, 4) is 11.5 Å². The highest BCUT2D eigenvalue weighted by atomic mass is 16.5. The van der Waals surface area contributed by atoms with Gasteiger partial charge in [0, 0.05) is 31.0 Å². The normalized spacial score (nSPS) is 14.9. The van der Waals surface area contributed by atoms with Crippen LogP contribution in [0.25, 0.3) is 10.9 Å². The molecule has 1 aliphatic heterocycles. The molecule has 30 heavy (non-hydrogen) atoms. The maximum absolute atomic E-state index is 12.6. The SMILES string of the molecule is CCOc1cc2c(cc1NC(=O)CCn1c(=O)[nH]c(=O)c3ccccc31)O[C@H](C)C2. The number of para-hydroxylation sites is 1. The van der Waals surface area contributed by atoms with E-state index in [0.717, 1.165) is 17.7 Å². The molecule has 0 saturated carbocycles. The molecule has 3 aromatic rings. The first kappa shape index (κ1) is 19.8. The number of carbonyl (C=O) groups is 1. The van der Waals surface area contributed by atoms with Crippen molar-refractivity contribution in [3.05, 3.63) is 62.8 Å². The minimum Gasteiger partial charge on any atom is -0.492 e. The van der Waals surface area contributed by atoms with Crippen LogP contribution >= 0.6 is 0 Å². The van der Waals surface area contributed by atoms with Gasteiger partial charge in [-0.3, -0.25) is 19.1 Å². The van der Waals surface area contributed by atoms with Crippen molar-refractivity contribution in [1.82, 2.24) is 9.55 Å². The molecule has 0 spiro atoms. The summed E-state index contributed by atoms with van der Waals surface area (Å²) in [5.74, 6) is 1.06. The number of hydrogen-bond acceptors (Lipinski definition) is 5. The van der Waals surface area contributed by atoms with Crippen molar-refractivity contribution in [1.29, 1.82) is 0 Å². The molecule has 0 fully saturated rings. The molecule has 4 rings (SSSR count). The molecular weight excluding hydrogens is 386 g/mol. The van der Waals surface area contributed by atoms with Gasteiger partial charge >= 0.3 is 5.69 Å². The number of rotatable bonds is 6. The Kier molecular flexibility index (Phi) is 5.31. The third-order valence-electron chi connectivity index (χ3n) is 5.04. The summed E-state index contributed by atoms with van der Waals surface area (Å²) < 4.78 is 12.9. The van der Waals surface area contributed by atoms with Crippen molar-refractivity contribution in [2.24, 2.45) is 0 Å². The summed E-state index contributed by atoms with van der Waals surface area (Å²) in [5, 5.41) is 3.26. The molecule has 1 atom stereocenters. The van der Waals surface area contributed by atoms with Gasteiger partial charge in [-0.2, -0.15) is 0 Å². The highest BCUT2D eigenvalue weighted by Crippen LogP contribution is 2.38. The molecule has 8 nitrogen and oxygen atoms in total. The Labute approximate surface area is 172 Å². The lowest BCUT2D eigenvalue weighted by atomic mass is 10.1. The molecule has 0 bridgehead atoms. The van der Waals surface area contributed by atoms with Gasteiger partial charge < -0.3 is 14.8 Å². The Balaban J connectivity index is 1.54. The minimum absolute atomic E-state index is 0.0514. The fraction of sp³-hybridized carbons (Fsp3) is 0.318. The number of H-pyrrole nitrogens is 1. The molecule has 2 N–H and O–H groups in total. The van der Waals surface area contributed by atoms with Gasteiger partial charge in [0.25, 0.3) is 5.56 Å². The summed E-state index contributed by atoms with van der Waals surface area (Å²) in [5.41, 5.74) is 1.10. The van der Waals surface area contributed by atoms with Crippen molar-refractivity contribution in [3.63, 3.8) is 0 Å². The molecule has 156 valence electrons. The van der Waals surface area contributed by atoms with Crippen LogP contribution in [0.4, 0.5) is 5.69 Å². The fourth-order valence-corrected chi connectivity index (χ4v) is 3.70. The molecule has 0 radical (unpaired) electrons. The number of benzene rings is 2. The molecule has 8 heteroatoms. The number of carbonyl (C=O) groups excluding carboxylic acids is 1. The van der Waals surface area contributed by atoms with Gasteiger partial charge in [-0.15, -0.1) is 0 Å². The third kappa shape index (κ3) is 3.80. The largest absolute Gasteiger partial charge is 0.492 e. The van der Waals surface area contributed by atoms with Gasteiger partial charge in [-0.1, -0.05) is 12.1 Å². The molecule has 1 aromatic heterocycles. The Morgan fingerprint density at radius 2 is 2.10 bits per heavy atom. The first-order chi connectivity index (χ1) is 14.5. The van der Waals surface area contributed by atoms with Gasteiger partial charge in [0.05, 0.1) is 23.2 Å². The zero-order valence-corrected chi connectivity index (χ0v) is 16.9. The monoisotopic (exact) mass is 409 g/mol. The lowest BCUT2D eigenvalue weighted by molar-refractivity contribution is -0.116. The summed E-state index contributed by atoms with van der Waals surface area (Å²) in [6.45, 7) is 4.47.